The van der Waals surface area contributed by atoms with Crippen LogP contribution in [0.25, 0.3) is 10.9 Å². The van der Waals surface area contributed by atoms with Gasteiger partial charge < -0.3 is 5.32 Å². The van der Waals surface area contributed by atoms with Gasteiger partial charge in [-0.05, 0) is 47.3 Å². The average molecular weight is 391 g/mol. The molecule has 0 aliphatic rings. The fraction of sp³-hybridized carbons (Fsp3) is 0.261. The third-order valence-electron chi connectivity index (χ3n) is 4.59. The number of thiocarbonyl (C=S) groups is 1. The molecule has 2 N–H and O–H groups in total. The Morgan fingerprint density at radius 2 is 1.61 bits per heavy atom. The zero-order chi connectivity index (χ0) is 20.1. The van der Waals surface area contributed by atoms with Crippen LogP contribution < -0.4 is 10.7 Å². The summed E-state index contributed by atoms with van der Waals surface area (Å²) in [5.41, 5.74) is 8.20. The molecule has 0 saturated heterocycles. The molecule has 1 aromatic heterocycles. The predicted octanol–water partition coefficient (Wildman–Crippen LogP) is 5.80. The molecule has 0 aliphatic carbocycles. The summed E-state index contributed by atoms with van der Waals surface area (Å²) in [6, 6.07) is 18.4. The molecule has 1 heterocycles. The Hall–Kier alpha value is -2.79. The lowest BCUT2D eigenvalue weighted by Gasteiger charge is -2.20. The van der Waals surface area contributed by atoms with Crippen LogP contribution in [0.2, 0.25) is 0 Å². The van der Waals surface area contributed by atoms with Crippen molar-refractivity contribution in [2.24, 2.45) is 5.10 Å². The second kappa shape index (κ2) is 8.93. The minimum absolute atomic E-state index is 0.398. The molecule has 0 bridgehead atoms. The fourth-order valence-electron chi connectivity index (χ4n) is 3.15. The minimum Gasteiger partial charge on any atom is -0.331 e. The number of nitrogens with one attached hydrogen (secondary N) is 2. The lowest BCUT2D eigenvalue weighted by Crippen LogP contribution is -2.25. The van der Waals surface area contributed by atoms with Gasteiger partial charge in [0.05, 0.1) is 17.4 Å². The summed E-state index contributed by atoms with van der Waals surface area (Å²) in [7, 11) is 0. The third kappa shape index (κ3) is 4.73. The Morgan fingerprint density at radius 1 is 0.929 bits per heavy atom. The Bertz CT molecular complexity index is 982. The number of nitrogens with zero attached hydrogens (tertiary/aromatic N) is 2. The SMILES string of the molecule is CC(C)c1cccc(C(C)C)c1NC(=S)N/N=C/c1ccc2ccccc2n1. The number of fused-ring (bicyclic) bond motifs is 1. The molecule has 0 fully saturated rings. The maximum Gasteiger partial charge on any atom is 0.191 e. The number of rotatable bonds is 5. The van der Waals surface area contributed by atoms with Crippen molar-refractivity contribution in [3.05, 3.63) is 71.4 Å². The van der Waals surface area contributed by atoms with Crippen molar-refractivity contribution in [2.75, 3.05) is 5.32 Å². The molecular formula is C23H26N4S. The van der Waals surface area contributed by atoms with Crippen molar-refractivity contribution < 1.29 is 0 Å². The summed E-state index contributed by atoms with van der Waals surface area (Å²) in [6.45, 7) is 8.74. The van der Waals surface area contributed by atoms with Gasteiger partial charge in [-0.15, -0.1) is 0 Å². The Labute approximate surface area is 172 Å². The second-order valence-electron chi connectivity index (χ2n) is 7.37. The standard InChI is InChI=1S/C23H26N4S/c1-15(2)19-9-7-10-20(16(3)4)22(19)26-23(28)27-24-14-18-13-12-17-8-5-6-11-21(17)25-18/h5-16H,1-4H3,(H2,26,27,28)/b24-14+. The van der Waals surface area contributed by atoms with Crippen LogP contribution in [0.4, 0.5) is 5.69 Å². The first-order chi connectivity index (χ1) is 13.5. The molecule has 0 unspecified atom stereocenters. The third-order valence-corrected chi connectivity index (χ3v) is 4.79. The molecule has 0 amide bonds. The van der Waals surface area contributed by atoms with Crippen molar-refractivity contribution in [3.8, 4) is 0 Å². The van der Waals surface area contributed by atoms with Crippen LogP contribution in [-0.2, 0) is 0 Å². The van der Waals surface area contributed by atoms with Crippen LogP contribution >= 0.6 is 12.2 Å². The molecule has 144 valence electrons. The molecule has 0 atom stereocenters. The topological polar surface area (TPSA) is 49.3 Å². The predicted molar refractivity (Wildman–Crippen MR) is 123 cm³/mol. The Balaban J connectivity index is 1.72. The van der Waals surface area contributed by atoms with Crippen molar-refractivity contribution in [1.82, 2.24) is 10.4 Å². The van der Waals surface area contributed by atoms with E-state index in [0.717, 1.165) is 22.3 Å². The molecule has 4 nitrogen and oxygen atoms in total. The van der Waals surface area contributed by atoms with Gasteiger partial charge in [0.1, 0.15) is 0 Å². The van der Waals surface area contributed by atoms with E-state index >= 15 is 0 Å². The van der Waals surface area contributed by atoms with Gasteiger partial charge in [-0.3, -0.25) is 5.43 Å². The smallest absolute Gasteiger partial charge is 0.191 e. The second-order valence-corrected chi connectivity index (χ2v) is 7.78. The number of para-hydroxylation sites is 2. The molecule has 0 radical (unpaired) electrons. The lowest BCUT2D eigenvalue weighted by atomic mass is 9.93. The first kappa shape index (κ1) is 20.0. The van der Waals surface area contributed by atoms with Crippen LogP contribution in [-0.4, -0.2) is 16.3 Å². The normalized spacial score (nSPS) is 11.5. The first-order valence-corrected chi connectivity index (χ1v) is 9.95. The van der Waals surface area contributed by atoms with E-state index in [2.05, 4.69) is 66.7 Å². The number of aromatic nitrogens is 1. The van der Waals surface area contributed by atoms with Crippen molar-refractivity contribution in [3.63, 3.8) is 0 Å². The van der Waals surface area contributed by atoms with Crippen molar-refractivity contribution in [1.29, 1.82) is 0 Å². The quantitative estimate of drug-likeness (QED) is 0.328. The van der Waals surface area contributed by atoms with E-state index in [4.69, 9.17) is 12.2 Å². The summed E-state index contributed by atoms with van der Waals surface area (Å²) in [5.74, 6) is 0.795. The summed E-state index contributed by atoms with van der Waals surface area (Å²) >= 11 is 5.46. The zero-order valence-electron chi connectivity index (χ0n) is 16.7. The van der Waals surface area contributed by atoms with E-state index < -0.39 is 0 Å². The van der Waals surface area contributed by atoms with Crippen molar-refractivity contribution in [2.45, 2.75) is 39.5 Å². The molecular weight excluding hydrogens is 364 g/mol. The summed E-state index contributed by atoms with van der Waals surface area (Å²) in [5, 5.41) is 9.17. The summed E-state index contributed by atoms with van der Waals surface area (Å²) < 4.78 is 0. The van der Waals surface area contributed by atoms with Crippen LogP contribution in [0.5, 0.6) is 0 Å². The van der Waals surface area contributed by atoms with E-state index in [0.29, 0.717) is 16.9 Å². The summed E-state index contributed by atoms with van der Waals surface area (Å²) in [6.07, 6.45) is 1.68. The zero-order valence-corrected chi connectivity index (χ0v) is 17.5. The minimum atomic E-state index is 0.398. The molecule has 0 saturated carbocycles. The fourth-order valence-corrected chi connectivity index (χ4v) is 3.30. The van der Waals surface area contributed by atoms with Gasteiger partial charge in [0.15, 0.2) is 5.11 Å². The highest BCUT2D eigenvalue weighted by atomic mass is 32.1. The number of hydrazone groups is 1. The number of hydrogen-bond donors (Lipinski definition) is 2. The van der Waals surface area contributed by atoms with E-state index in [9.17, 15) is 0 Å². The molecule has 0 aliphatic heterocycles. The Kier molecular flexibility index (Phi) is 6.37. The number of pyridine rings is 1. The molecule has 28 heavy (non-hydrogen) atoms. The van der Waals surface area contributed by atoms with Crippen LogP contribution in [0.15, 0.2) is 59.7 Å². The largest absolute Gasteiger partial charge is 0.331 e. The molecule has 2 aromatic carbocycles. The number of anilines is 1. The first-order valence-electron chi connectivity index (χ1n) is 9.54. The highest BCUT2D eigenvalue weighted by Crippen LogP contribution is 2.32. The van der Waals surface area contributed by atoms with E-state index in [1.807, 2.05) is 36.4 Å². The van der Waals surface area contributed by atoms with Gasteiger partial charge in [-0.25, -0.2) is 4.98 Å². The van der Waals surface area contributed by atoms with E-state index in [1.165, 1.54) is 11.1 Å². The average Bonchev–Trinajstić information content (AvgIpc) is 2.67. The maximum absolute atomic E-state index is 5.46. The van der Waals surface area contributed by atoms with Crippen molar-refractivity contribution >= 4 is 40.1 Å². The van der Waals surface area contributed by atoms with Gasteiger partial charge in [0.25, 0.3) is 0 Å². The highest BCUT2D eigenvalue weighted by Gasteiger charge is 2.14. The van der Waals surface area contributed by atoms with E-state index in [1.54, 1.807) is 6.21 Å². The van der Waals surface area contributed by atoms with Gasteiger partial charge in [-0.1, -0.05) is 70.2 Å². The summed E-state index contributed by atoms with van der Waals surface area (Å²) in [4.78, 5) is 4.58. The van der Waals surface area contributed by atoms with Gasteiger partial charge in [0, 0.05) is 11.1 Å². The molecule has 3 rings (SSSR count). The number of benzene rings is 2. The highest BCUT2D eigenvalue weighted by molar-refractivity contribution is 7.80. The molecule has 0 spiro atoms. The van der Waals surface area contributed by atoms with Gasteiger partial charge >= 0.3 is 0 Å². The maximum atomic E-state index is 5.46. The Morgan fingerprint density at radius 3 is 2.29 bits per heavy atom. The van der Waals surface area contributed by atoms with Gasteiger partial charge in [-0.2, -0.15) is 5.10 Å². The lowest BCUT2D eigenvalue weighted by molar-refractivity contribution is 0.838. The van der Waals surface area contributed by atoms with Gasteiger partial charge in [0.2, 0.25) is 0 Å². The number of hydrogen-bond acceptors (Lipinski definition) is 3. The monoisotopic (exact) mass is 390 g/mol. The molecule has 3 aromatic rings. The van der Waals surface area contributed by atoms with Crippen LogP contribution in [0.1, 0.15) is 56.4 Å². The van der Waals surface area contributed by atoms with E-state index in [-0.39, 0.29) is 0 Å². The van der Waals surface area contributed by atoms with Crippen LogP contribution in [0.3, 0.4) is 0 Å². The van der Waals surface area contributed by atoms with Crippen LogP contribution in [0, 0.1) is 0 Å². The molecule has 5 heteroatoms.